The molecule has 0 amide bonds. The van der Waals surface area contributed by atoms with Gasteiger partial charge in [0, 0.05) is 25.5 Å². The number of carboxylic acid groups (broad SMARTS) is 1. The van der Waals surface area contributed by atoms with E-state index in [0.29, 0.717) is 0 Å². The summed E-state index contributed by atoms with van der Waals surface area (Å²) in [7, 11) is 0. The zero-order valence-electron chi connectivity index (χ0n) is 4.12. The Labute approximate surface area is 67.1 Å². The van der Waals surface area contributed by atoms with Crippen LogP contribution in [0.15, 0.2) is 0 Å². The summed E-state index contributed by atoms with van der Waals surface area (Å²) < 4.78 is 17.0. The van der Waals surface area contributed by atoms with Crippen molar-refractivity contribution in [3.05, 3.63) is 0 Å². The minimum atomic E-state index is -2.00. The number of carboxylic acids is 1. The van der Waals surface area contributed by atoms with E-state index in [2.05, 4.69) is 0 Å². The smallest absolute Gasteiger partial charge is 0 e. The summed E-state index contributed by atoms with van der Waals surface area (Å²) in [5.41, 5.74) is 0. The van der Waals surface area contributed by atoms with Gasteiger partial charge < -0.3 is 5.11 Å². The molecule has 4 nitrogen and oxygen atoms in total. The number of aliphatic carboxylic acids is 1. The van der Waals surface area contributed by atoms with Crippen LogP contribution in [0.25, 0.3) is 0 Å². The second-order valence-electron chi connectivity index (χ2n) is 0.602. The molecule has 0 fully saturated rings. The molecule has 0 aliphatic rings. The fourth-order valence-electron chi connectivity index (χ4n) is 0. The van der Waals surface area contributed by atoms with Crippen LogP contribution < -0.4 is 0 Å². The van der Waals surface area contributed by atoms with E-state index in [-0.39, 0.29) is 18.6 Å². The third-order valence-electron chi connectivity index (χ3n) is 0. The second kappa shape index (κ2) is 15.7. The molecule has 0 saturated heterocycles. The zero-order valence-corrected chi connectivity index (χ0v) is 7.08. The molecule has 0 aromatic rings. The fourth-order valence-corrected chi connectivity index (χ4v) is 0. The van der Waals surface area contributed by atoms with E-state index in [1.54, 1.807) is 0 Å². The van der Waals surface area contributed by atoms with Crippen LogP contribution in [-0.2, 0) is 49.1 Å². The molecule has 0 aliphatic carbocycles. The van der Waals surface area contributed by atoms with Gasteiger partial charge in [-0.2, -0.15) is 0 Å². The molecule has 0 rings (SSSR count). The van der Waals surface area contributed by atoms with E-state index in [0.717, 1.165) is 6.92 Å². The van der Waals surface area contributed by atoms with Crippen molar-refractivity contribution in [1.29, 1.82) is 0 Å². The SMILES string of the molecule is CC(=O)O.[O]=[Ti]=[O].[V]. The average Bonchev–Trinajstić information content (AvgIpc) is 1.33. The molecule has 0 heterocycles. The molecular formula is C2H4O4TiV. The summed E-state index contributed by atoms with van der Waals surface area (Å²) in [6.45, 7) is 1.08. The predicted octanol–water partition coefficient (Wildman–Crippen LogP) is -0.152. The summed E-state index contributed by atoms with van der Waals surface area (Å²) in [5.74, 6) is -0.833. The minimum Gasteiger partial charge on any atom is 0 e. The molecule has 0 saturated carbocycles. The van der Waals surface area contributed by atoms with Gasteiger partial charge in [0.25, 0.3) is 5.97 Å². The minimum absolute atomic E-state index is 0. The molecule has 6 heteroatoms. The maximum atomic E-state index is 9.00. The summed E-state index contributed by atoms with van der Waals surface area (Å²) >= 11 is -2.00. The molecular weight excluding hydrogens is 187 g/mol. The van der Waals surface area contributed by atoms with Crippen LogP contribution in [0.5, 0.6) is 0 Å². The first-order valence-corrected chi connectivity index (χ1v) is 2.61. The largest absolute Gasteiger partial charge is 0 e. The second-order valence-corrected chi connectivity index (χ2v) is 0.863. The Bertz CT molecular complexity index is 82.0. The van der Waals surface area contributed by atoms with Crippen molar-refractivity contribution in [2.24, 2.45) is 0 Å². The van der Waals surface area contributed by atoms with Crippen molar-refractivity contribution in [3.8, 4) is 0 Å². The maximum absolute atomic E-state index is 9.00. The van der Waals surface area contributed by atoms with Crippen LogP contribution in [-0.4, -0.2) is 11.1 Å². The van der Waals surface area contributed by atoms with Gasteiger partial charge in [-0.3, -0.25) is 4.79 Å². The summed E-state index contributed by atoms with van der Waals surface area (Å²) in [4.78, 5) is 9.00. The van der Waals surface area contributed by atoms with E-state index in [1.165, 1.54) is 0 Å². The van der Waals surface area contributed by atoms with Crippen LogP contribution in [0.1, 0.15) is 6.92 Å². The maximum Gasteiger partial charge on any atom is 0 e. The average molecular weight is 191 g/mol. The number of carbonyl (C=O) groups is 1. The van der Waals surface area contributed by atoms with E-state index < -0.39 is 25.1 Å². The molecule has 0 aromatic heterocycles. The van der Waals surface area contributed by atoms with E-state index in [9.17, 15) is 0 Å². The van der Waals surface area contributed by atoms with Crippen LogP contribution in [0.3, 0.4) is 0 Å². The summed E-state index contributed by atoms with van der Waals surface area (Å²) in [6, 6.07) is 0. The molecule has 0 atom stereocenters. The van der Waals surface area contributed by atoms with Gasteiger partial charge in [-0.05, 0) is 0 Å². The molecule has 0 unspecified atom stereocenters. The number of rotatable bonds is 0. The molecule has 1 radical (unpaired) electrons. The Morgan fingerprint density at radius 3 is 1.50 bits per heavy atom. The van der Waals surface area contributed by atoms with Crippen molar-refractivity contribution >= 4 is 5.97 Å². The number of hydrogen-bond acceptors (Lipinski definition) is 3. The van der Waals surface area contributed by atoms with Crippen molar-refractivity contribution < 1.29 is 54.2 Å². The Balaban J connectivity index is -0.0000000575. The Morgan fingerprint density at radius 1 is 1.50 bits per heavy atom. The Kier molecular flexibility index (Phi) is 30.9. The van der Waals surface area contributed by atoms with Crippen LogP contribution in [0.2, 0.25) is 0 Å². The van der Waals surface area contributed by atoms with E-state index in [4.69, 9.17) is 16.6 Å². The van der Waals surface area contributed by atoms with Crippen molar-refractivity contribution in [1.82, 2.24) is 0 Å². The molecule has 45 valence electrons. The standard InChI is InChI=1S/C2H4O2.2O.Ti.V/c1-2(3)4;;;;/h1H3,(H,3,4);;;;. The van der Waals surface area contributed by atoms with Crippen LogP contribution in [0, 0.1) is 0 Å². The first kappa shape index (κ1) is 15.8. The van der Waals surface area contributed by atoms with E-state index in [1.807, 2.05) is 0 Å². The zero-order chi connectivity index (χ0) is 6.28. The van der Waals surface area contributed by atoms with Gasteiger partial charge in [0.2, 0.25) is 0 Å². The third kappa shape index (κ3) is 1350. The summed E-state index contributed by atoms with van der Waals surface area (Å²) in [5, 5.41) is 7.42. The van der Waals surface area contributed by atoms with Gasteiger partial charge in [-0.15, -0.1) is 0 Å². The molecule has 0 aromatic carbocycles. The Hall–Kier alpha value is 0.369. The van der Waals surface area contributed by atoms with Gasteiger partial charge in [0.05, 0.1) is 0 Å². The molecule has 0 aliphatic heterocycles. The van der Waals surface area contributed by atoms with Crippen LogP contribution >= 0.6 is 0 Å². The van der Waals surface area contributed by atoms with E-state index >= 15 is 0 Å². The normalized spacial score (nSPS) is 4.12. The third-order valence-corrected chi connectivity index (χ3v) is 0. The predicted molar refractivity (Wildman–Crippen MR) is 14.7 cm³/mol. The first-order valence-electron chi connectivity index (χ1n) is 1.34. The Morgan fingerprint density at radius 2 is 1.50 bits per heavy atom. The van der Waals surface area contributed by atoms with Crippen molar-refractivity contribution in [2.75, 3.05) is 0 Å². The van der Waals surface area contributed by atoms with Gasteiger partial charge >= 0.3 is 25.7 Å². The van der Waals surface area contributed by atoms with Gasteiger partial charge in [-0.25, -0.2) is 0 Å². The summed E-state index contributed by atoms with van der Waals surface area (Å²) in [6.07, 6.45) is 0. The molecule has 0 bridgehead atoms. The fraction of sp³-hybridized carbons (Fsp3) is 0.500. The van der Waals surface area contributed by atoms with Gasteiger partial charge in [0.1, 0.15) is 0 Å². The van der Waals surface area contributed by atoms with Gasteiger partial charge in [-0.1, -0.05) is 0 Å². The molecule has 1 N–H and O–H groups in total. The molecule has 8 heavy (non-hydrogen) atoms. The van der Waals surface area contributed by atoms with Crippen molar-refractivity contribution in [3.63, 3.8) is 0 Å². The first-order chi connectivity index (χ1) is 3.15. The van der Waals surface area contributed by atoms with Gasteiger partial charge in [0.15, 0.2) is 0 Å². The van der Waals surface area contributed by atoms with Crippen molar-refractivity contribution in [2.45, 2.75) is 6.92 Å². The van der Waals surface area contributed by atoms with Crippen LogP contribution in [0.4, 0.5) is 0 Å². The molecule has 0 spiro atoms. The monoisotopic (exact) mass is 191 g/mol. The topological polar surface area (TPSA) is 71.4 Å². The quantitative estimate of drug-likeness (QED) is 0.540. The number of hydrogen-bond donors (Lipinski definition) is 1.